The Labute approximate surface area is 129 Å². The van der Waals surface area contributed by atoms with E-state index in [2.05, 4.69) is 64.9 Å². The summed E-state index contributed by atoms with van der Waals surface area (Å²) in [6, 6.07) is 14.9. The van der Waals surface area contributed by atoms with Crippen molar-refractivity contribution in [2.75, 3.05) is 13.1 Å². The molecule has 2 aromatic carbocycles. The number of nitrogens with zero attached hydrogens (tertiary/aromatic N) is 2. The van der Waals surface area contributed by atoms with E-state index in [9.17, 15) is 0 Å². The molecule has 3 rings (SSSR count). The first-order valence-corrected chi connectivity index (χ1v) is 8.21. The fourth-order valence-electron chi connectivity index (χ4n) is 2.29. The van der Waals surface area contributed by atoms with Gasteiger partial charge in [-0.25, -0.2) is 0 Å². The minimum absolute atomic E-state index is 0.950. The van der Waals surface area contributed by atoms with E-state index < -0.39 is 0 Å². The number of hydrogen-bond acceptors (Lipinski definition) is 4. The van der Waals surface area contributed by atoms with Gasteiger partial charge in [0.05, 0.1) is 0 Å². The molecule has 0 bridgehead atoms. The molecule has 0 atom stereocenters. The largest absolute Gasteiger partial charge is 0.316 e. The fraction of sp³-hybridized carbons (Fsp3) is 0.294. The van der Waals surface area contributed by atoms with Gasteiger partial charge in [-0.1, -0.05) is 54.7 Å². The predicted molar refractivity (Wildman–Crippen MR) is 89.7 cm³/mol. The van der Waals surface area contributed by atoms with Crippen molar-refractivity contribution >= 4 is 22.1 Å². The summed E-state index contributed by atoms with van der Waals surface area (Å²) in [4.78, 5) is 0. The number of nitrogens with one attached hydrogen (secondary N) is 1. The lowest BCUT2D eigenvalue weighted by molar-refractivity contribution is 0.668. The third-order valence-electron chi connectivity index (χ3n) is 3.41. The van der Waals surface area contributed by atoms with Gasteiger partial charge < -0.3 is 5.32 Å². The topological polar surface area (TPSA) is 37.8 Å². The molecule has 0 spiro atoms. The van der Waals surface area contributed by atoms with Gasteiger partial charge in [-0.2, -0.15) is 0 Å². The molecule has 108 valence electrons. The van der Waals surface area contributed by atoms with Crippen LogP contribution >= 0.6 is 11.3 Å². The van der Waals surface area contributed by atoms with E-state index in [1.54, 1.807) is 11.3 Å². The Morgan fingerprint density at radius 2 is 1.86 bits per heavy atom. The van der Waals surface area contributed by atoms with E-state index in [-0.39, 0.29) is 0 Å². The maximum absolute atomic E-state index is 4.33. The van der Waals surface area contributed by atoms with Crippen LogP contribution in [0.15, 0.2) is 42.5 Å². The average molecular weight is 297 g/mol. The molecule has 1 N–H and O–H groups in total. The molecule has 3 nitrogen and oxygen atoms in total. The van der Waals surface area contributed by atoms with Crippen molar-refractivity contribution in [2.45, 2.75) is 19.8 Å². The van der Waals surface area contributed by atoms with Gasteiger partial charge in [0.1, 0.15) is 10.0 Å². The highest BCUT2D eigenvalue weighted by Crippen LogP contribution is 2.27. The number of aromatic nitrogens is 2. The molecular weight excluding hydrogens is 278 g/mol. The lowest BCUT2D eigenvalue weighted by Crippen LogP contribution is -2.17. The van der Waals surface area contributed by atoms with Crippen LogP contribution in [0.3, 0.4) is 0 Å². The standard InChI is InChI=1S/C17H19N3S/c1-2-10-18-11-9-16-19-20-17(21-16)15-8-7-13-5-3-4-6-14(13)12-15/h3-8,12,18H,2,9-11H2,1H3. The number of hydrogen-bond donors (Lipinski definition) is 1. The second kappa shape index (κ2) is 6.78. The van der Waals surface area contributed by atoms with Gasteiger partial charge in [0.15, 0.2) is 0 Å². The van der Waals surface area contributed by atoms with Gasteiger partial charge in [-0.05, 0) is 29.8 Å². The molecule has 1 aromatic heterocycles. The highest BCUT2D eigenvalue weighted by Gasteiger charge is 2.07. The van der Waals surface area contributed by atoms with Gasteiger partial charge in [-0.15, -0.1) is 10.2 Å². The molecule has 1 heterocycles. The second-order valence-electron chi connectivity index (χ2n) is 5.06. The van der Waals surface area contributed by atoms with E-state index in [1.165, 1.54) is 17.2 Å². The van der Waals surface area contributed by atoms with Crippen LogP contribution in [0.4, 0.5) is 0 Å². The first-order chi connectivity index (χ1) is 10.4. The molecule has 21 heavy (non-hydrogen) atoms. The Balaban J connectivity index is 1.75. The minimum atomic E-state index is 0.950. The van der Waals surface area contributed by atoms with Crippen LogP contribution in [0, 0.1) is 0 Å². The summed E-state index contributed by atoms with van der Waals surface area (Å²) in [6.45, 7) is 4.21. The maximum atomic E-state index is 4.33. The lowest BCUT2D eigenvalue weighted by Gasteiger charge is -2.00. The van der Waals surface area contributed by atoms with Gasteiger partial charge in [0.25, 0.3) is 0 Å². The smallest absolute Gasteiger partial charge is 0.147 e. The highest BCUT2D eigenvalue weighted by molar-refractivity contribution is 7.14. The van der Waals surface area contributed by atoms with Crippen LogP contribution in [-0.4, -0.2) is 23.3 Å². The number of fused-ring (bicyclic) bond motifs is 1. The van der Waals surface area contributed by atoms with Gasteiger partial charge in [0.2, 0.25) is 0 Å². The Hall–Kier alpha value is -1.78. The molecule has 0 saturated heterocycles. The summed E-state index contributed by atoms with van der Waals surface area (Å²) < 4.78 is 0. The third-order valence-corrected chi connectivity index (χ3v) is 4.44. The monoisotopic (exact) mass is 297 g/mol. The third kappa shape index (κ3) is 3.46. The molecule has 0 aliphatic carbocycles. The first kappa shape index (κ1) is 14.2. The Bertz CT molecular complexity index is 721. The molecule has 0 radical (unpaired) electrons. The summed E-state index contributed by atoms with van der Waals surface area (Å²) in [5, 5.41) is 16.6. The van der Waals surface area contributed by atoms with E-state index in [0.29, 0.717) is 0 Å². The lowest BCUT2D eigenvalue weighted by atomic mass is 10.1. The highest BCUT2D eigenvalue weighted by atomic mass is 32.1. The summed E-state index contributed by atoms with van der Waals surface area (Å²) in [5.74, 6) is 0. The van der Waals surface area contributed by atoms with Crippen LogP contribution in [0.5, 0.6) is 0 Å². The van der Waals surface area contributed by atoms with E-state index >= 15 is 0 Å². The zero-order valence-corrected chi connectivity index (χ0v) is 13.0. The summed E-state index contributed by atoms with van der Waals surface area (Å²) in [5.41, 5.74) is 1.15. The van der Waals surface area contributed by atoms with Crippen molar-refractivity contribution in [3.63, 3.8) is 0 Å². The summed E-state index contributed by atoms with van der Waals surface area (Å²) in [7, 11) is 0. The van der Waals surface area contributed by atoms with Crippen molar-refractivity contribution in [3.05, 3.63) is 47.5 Å². The quantitative estimate of drug-likeness (QED) is 0.701. The number of benzene rings is 2. The summed E-state index contributed by atoms with van der Waals surface area (Å²) >= 11 is 1.69. The Kier molecular flexibility index (Phi) is 4.58. The zero-order chi connectivity index (χ0) is 14.5. The molecule has 0 unspecified atom stereocenters. The van der Waals surface area contributed by atoms with E-state index in [0.717, 1.165) is 35.1 Å². The van der Waals surface area contributed by atoms with Crippen molar-refractivity contribution < 1.29 is 0 Å². The van der Waals surface area contributed by atoms with E-state index in [4.69, 9.17) is 0 Å². The molecule has 3 aromatic rings. The predicted octanol–water partition coefficient (Wildman–Crippen LogP) is 3.90. The number of rotatable bonds is 6. The van der Waals surface area contributed by atoms with Crippen molar-refractivity contribution in [2.24, 2.45) is 0 Å². The SMILES string of the molecule is CCCNCCc1nnc(-c2ccc3ccccc3c2)s1. The van der Waals surface area contributed by atoms with Crippen LogP contribution in [0.1, 0.15) is 18.4 Å². The molecule has 0 aliphatic heterocycles. The normalized spacial score (nSPS) is 11.1. The van der Waals surface area contributed by atoms with Crippen LogP contribution < -0.4 is 5.32 Å². The van der Waals surface area contributed by atoms with E-state index in [1.807, 2.05) is 0 Å². The molecule has 0 saturated carbocycles. The zero-order valence-electron chi connectivity index (χ0n) is 12.2. The van der Waals surface area contributed by atoms with Crippen LogP contribution in [0.25, 0.3) is 21.3 Å². The average Bonchev–Trinajstić information content (AvgIpc) is 3.00. The second-order valence-corrected chi connectivity index (χ2v) is 6.12. The molecule has 0 aliphatic rings. The van der Waals surface area contributed by atoms with Gasteiger partial charge >= 0.3 is 0 Å². The minimum Gasteiger partial charge on any atom is -0.316 e. The Morgan fingerprint density at radius 1 is 1.00 bits per heavy atom. The molecule has 4 heteroatoms. The maximum Gasteiger partial charge on any atom is 0.147 e. The van der Waals surface area contributed by atoms with Crippen molar-refractivity contribution in [1.82, 2.24) is 15.5 Å². The fourth-order valence-corrected chi connectivity index (χ4v) is 3.13. The molecule has 0 fully saturated rings. The van der Waals surface area contributed by atoms with Crippen molar-refractivity contribution in [3.8, 4) is 10.6 Å². The summed E-state index contributed by atoms with van der Waals surface area (Å²) in [6.07, 6.45) is 2.11. The Morgan fingerprint density at radius 3 is 2.71 bits per heavy atom. The van der Waals surface area contributed by atoms with Gasteiger partial charge in [-0.3, -0.25) is 0 Å². The van der Waals surface area contributed by atoms with Crippen LogP contribution in [-0.2, 0) is 6.42 Å². The molecular formula is C17H19N3S. The van der Waals surface area contributed by atoms with Crippen LogP contribution in [0.2, 0.25) is 0 Å². The van der Waals surface area contributed by atoms with Gasteiger partial charge in [0, 0.05) is 18.5 Å². The first-order valence-electron chi connectivity index (χ1n) is 7.39. The molecule has 0 amide bonds. The van der Waals surface area contributed by atoms with Crippen molar-refractivity contribution in [1.29, 1.82) is 0 Å².